The van der Waals surface area contributed by atoms with Gasteiger partial charge in [-0.1, -0.05) is 6.92 Å². The summed E-state index contributed by atoms with van der Waals surface area (Å²) in [5.41, 5.74) is 0.945. The van der Waals surface area contributed by atoms with Crippen molar-refractivity contribution in [2.45, 2.75) is 31.7 Å². The molecule has 2 heterocycles. The molecule has 1 aromatic heterocycles. The van der Waals surface area contributed by atoms with Gasteiger partial charge in [0.1, 0.15) is 12.8 Å². The maximum Gasteiger partial charge on any atom is 0.411 e. The minimum absolute atomic E-state index is 0.0932. The molecule has 4 nitrogen and oxygen atoms in total. The van der Waals surface area contributed by atoms with Crippen LogP contribution in [0.5, 0.6) is 0 Å². The topological polar surface area (TPSA) is 41.6 Å². The zero-order valence-electron chi connectivity index (χ0n) is 11.5. The lowest BCUT2D eigenvalue weighted by atomic mass is 10.2. The zero-order valence-corrected chi connectivity index (χ0v) is 12.3. The van der Waals surface area contributed by atoms with E-state index in [9.17, 15) is 18.0 Å². The number of alkyl halides is 3. The van der Waals surface area contributed by atoms with Crippen molar-refractivity contribution in [1.29, 1.82) is 0 Å². The lowest BCUT2D eigenvalue weighted by Crippen LogP contribution is -2.34. The van der Waals surface area contributed by atoms with E-state index in [1.165, 1.54) is 11.3 Å². The highest BCUT2D eigenvalue weighted by molar-refractivity contribution is 7.07. The van der Waals surface area contributed by atoms with Gasteiger partial charge < -0.3 is 9.64 Å². The SMILES string of the molecule is CCC1NC(c2ccsc2)N(CCOCC(F)(F)F)C1=O. The number of hydrogen-bond donors (Lipinski definition) is 1. The first-order valence-electron chi connectivity index (χ1n) is 6.65. The summed E-state index contributed by atoms with van der Waals surface area (Å²) in [7, 11) is 0. The molecule has 2 unspecified atom stereocenters. The van der Waals surface area contributed by atoms with E-state index in [4.69, 9.17) is 0 Å². The van der Waals surface area contributed by atoms with Crippen molar-refractivity contribution in [3.05, 3.63) is 22.4 Å². The van der Waals surface area contributed by atoms with Crippen LogP contribution in [0.2, 0.25) is 0 Å². The summed E-state index contributed by atoms with van der Waals surface area (Å²) in [5, 5.41) is 7.03. The normalized spacial score (nSPS) is 23.0. The molecule has 2 rings (SSSR count). The van der Waals surface area contributed by atoms with E-state index in [1.54, 1.807) is 4.90 Å². The minimum atomic E-state index is -4.34. The molecule has 0 radical (unpaired) electrons. The molecule has 1 aliphatic heterocycles. The number of carbonyl (C=O) groups is 1. The van der Waals surface area contributed by atoms with Gasteiger partial charge in [-0.05, 0) is 28.8 Å². The van der Waals surface area contributed by atoms with Gasteiger partial charge in [0.25, 0.3) is 0 Å². The van der Waals surface area contributed by atoms with Crippen molar-refractivity contribution in [2.24, 2.45) is 0 Å². The first-order valence-corrected chi connectivity index (χ1v) is 7.59. The number of nitrogens with one attached hydrogen (secondary N) is 1. The Balaban J connectivity index is 1.95. The van der Waals surface area contributed by atoms with Crippen LogP contribution >= 0.6 is 11.3 Å². The van der Waals surface area contributed by atoms with Crippen molar-refractivity contribution in [3.8, 4) is 0 Å². The average Bonchev–Trinajstić information content (AvgIpc) is 3.02. The molecule has 0 aromatic carbocycles. The Hall–Kier alpha value is -1.12. The quantitative estimate of drug-likeness (QED) is 0.819. The van der Waals surface area contributed by atoms with E-state index < -0.39 is 12.8 Å². The van der Waals surface area contributed by atoms with Crippen LogP contribution in [0.3, 0.4) is 0 Å². The Kier molecular flexibility index (Phi) is 5.23. The molecule has 8 heteroatoms. The second-order valence-electron chi connectivity index (χ2n) is 4.79. The molecule has 0 bridgehead atoms. The van der Waals surface area contributed by atoms with Crippen molar-refractivity contribution in [1.82, 2.24) is 10.2 Å². The molecule has 0 aliphatic carbocycles. The third-order valence-electron chi connectivity index (χ3n) is 3.26. The van der Waals surface area contributed by atoms with E-state index in [0.29, 0.717) is 6.42 Å². The van der Waals surface area contributed by atoms with Gasteiger partial charge in [-0.25, -0.2) is 0 Å². The van der Waals surface area contributed by atoms with Crippen molar-refractivity contribution >= 4 is 17.2 Å². The zero-order chi connectivity index (χ0) is 15.5. The summed E-state index contributed by atoms with van der Waals surface area (Å²) in [5.74, 6) is -0.0932. The van der Waals surface area contributed by atoms with Crippen LogP contribution in [0.15, 0.2) is 16.8 Å². The molecular formula is C13H17F3N2O2S. The molecule has 1 aromatic rings. The second-order valence-corrected chi connectivity index (χ2v) is 5.57. The maximum atomic E-state index is 12.2. The van der Waals surface area contributed by atoms with E-state index >= 15 is 0 Å². The summed E-state index contributed by atoms with van der Waals surface area (Å²) in [6, 6.07) is 1.61. The molecule has 1 N–H and O–H groups in total. The minimum Gasteiger partial charge on any atom is -0.370 e. The fourth-order valence-electron chi connectivity index (χ4n) is 2.27. The fourth-order valence-corrected chi connectivity index (χ4v) is 2.95. The Labute approximate surface area is 124 Å². The summed E-state index contributed by atoms with van der Waals surface area (Å²) < 4.78 is 40.7. The third-order valence-corrected chi connectivity index (χ3v) is 3.96. The van der Waals surface area contributed by atoms with Gasteiger partial charge in [0.2, 0.25) is 5.91 Å². The molecular weight excluding hydrogens is 305 g/mol. The van der Waals surface area contributed by atoms with Crippen LogP contribution < -0.4 is 5.32 Å². The Morgan fingerprint density at radius 1 is 1.48 bits per heavy atom. The number of nitrogens with zero attached hydrogens (tertiary/aromatic N) is 1. The second kappa shape index (κ2) is 6.76. The van der Waals surface area contributed by atoms with Gasteiger partial charge in [0.05, 0.1) is 12.6 Å². The number of amides is 1. The highest BCUT2D eigenvalue weighted by atomic mass is 32.1. The number of rotatable bonds is 6. The maximum absolute atomic E-state index is 12.2. The lowest BCUT2D eigenvalue weighted by Gasteiger charge is -2.23. The van der Waals surface area contributed by atoms with Crippen LogP contribution in [-0.2, 0) is 9.53 Å². The van der Waals surface area contributed by atoms with E-state index in [0.717, 1.165) is 5.56 Å². The predicted molar refractivity (Wildman–Crippen MR) is 72.9 cm³/mol. The van der Waals surface area contributed by atoms with Gasteiger partial charge in [-0.2, -0.15) is 24.5 Å². The largest absolute Gasteiger partial charge is 0.411 e. The Morgan fingerprint density at radius 2 is 2.24 bits per heavy atom. The van der Waals surface area contributed by atoms with E-state index in [-0.39, 0.29) is 31.3 Å². The summed E-state index contributed by atoms with van der Waals surface area (Å²) in [6.45, 7) is 0.607. The summed E-state index contributed by atoms with van der Waals surface area (Å²) in [6.07, 6.45) is -3.99. The molecule has 1 amide bonds. The number of hydrogen-bond acceptors (Lipinski definition) is 4. The number of ether oxygens (including phenoxy) is 1. The van der Waals surface area contributed by atoms with E-state index in [1.807, 2.05) is 23.8 Å². The van der Waals surface area contributed by atoms with Crippen molar-refractivity contribution in [2.75, 3.05) is 19.8 Å². The van der Waals surface area contributed by atoms with Crippen LogP contribution in [0.4, 0.5) is 13.2 Å². The van der Waals surface area contributed by atoms with Crippen molar-refractivity contribution in [3.63, 3.8) is 0 Å². The van der Waals surface area contributed by atoms with Crippen molar-refractivity contribution < 1.29 is 22.7 Å². The summed E-state index contributed by atoms with van der Waals surface area (Å²) >= 11 is 1.51. The fraction of sp³-hybridized carbons (Fsp3) is 0.615. The van der Waals surface area contributed by atoms with E-state index in [2.05, 4.69) is 10.1 Å². The van der Waals surface area contributed by atoms with Crippen LogP contribution in [-0.4, -0.2) is 42.8 Å². The molecule has 0 saturated carbocycles. The molecule has 0 spiro atoms. The number of thiophene rings is 1. The molecule has 21 heavy (non-hydrogen) atoms. The highest BCUT2D eigenvalue weighted by Gasteiger charge is 2.38. The third kappa shape index (κ3) is 4.18. The monoisotopic (exact) mass is 322 g/mol. The average molecular weight is 322 g/mol. The molecule has 1 saturated heterocycles. The van der Waals surface area contributed by atoms with Gasteiger partial charge in [-0.15, -0.1) is 0 Å². The molecule has 118 valence electrons. The molecule has 1 fully saturated rings. The first kappa shape index (κ1) is 16.3. The van der Waals surface area contributed by atoms with Crippen LogP contribution in [0.25, 0.3) is 0 Å². The smallest absolute Gasteiger partial charge is 0.370 e. The molecule has 2 atom stereocenters. The van der Waals surface area contributed by atoms with Crippen LogP contribution in [0, 0.1) is 0 Å². The first-order chi connectivity index (χ1) is 9.92. The predicted octanol–water partition coefficient (Wildman–Crippen LogP) is 2.54. The van der Waals surface area contributed by atoms with Gasteiger partial charge in [0, 0.05) is 6.54 Å². The van der Waals surface area contributed by atoms with Gasteiger partial charge in [0.15, 0.2) is 0 Å². The standard InChI is InChI=1S/C13H17F3N2O2S/c1-2-10-12(19)18(4-5-20-8-13(14,15)16)11(17-10)9-3-6-21-7-9/h3,6-7,10-11,17H,2,4-5,8H2,1H3. The highest BCUT2D eigenvalue weighted by Crippen LogP contribution is 2.27. The Morgan fingerprint density at radius 3 is 2.81 bits per heavy atom. The molecule has 1 aliphatic rings. The van der Waals surface area contributed by atoms with Gasteiger partial charge >= 0.3 is 6.18 Å². The Bertz CT molecular complexity index is 464. The summed E-state index contributed by atoms with van der Waals surface area (Å²) in [4.78, 5) is 13.8. The van der Waals surface area contributed by atoms with Gasteiger partial charge in [-0.3, -0.25) is 10.1 Å². The number of carbonyl (C=O) groups excluding carboxylic acids is 1. The number of halogens is 3. The van der Waals surface area contributed by atoms with Crippen LogP contribution in [0.1, 0.15) is 25.1 Å². The lowest BCUT2D eigenvalue weighted by molar-refractivity contribution is -0.175.